The molecule has 0 amide bonds. The number of hydrogen-bond acceptors (Lipinski definition) is 2. The second kappa shape index (κ2) is 3.49. The molecule has 1 fully saturated rings. The summed E-state index contributed by atoms with van der Waals surface area (Å²) in [6.07, 6.45) is 3.97. The van der Waals surface area contributed by atoms with Crippen molar-refractivity contribution in [3.63, 3.8) is 0 Å². The molecular weight excluding hydrogens is 202 g/mol. The van der Waals surface area contributed by atoms with Crippen molar-refractivity contribution in [1.29, 1.82) is 0 Å². The Morgan fingerprint density at radius 3 is 3.07 bits per heavy atom. The highest BCUT2D eigenvalue weighted by atomic mass is 35.5. The Morgan fingerprint density at radius 2 is 2.50 bits per heavy atom. The minimum atomic E-state index is 0.335. The van der Waals surface area contributed by atoms with E-state index in [9.17, 15) is 0 Å². The zero-order valence-electron chi connectivity index (χ0n) is 7.87. The van der Waals surface area contributed by atoms with E-state index >= 15 is 0 Å². The average Bonchev–Trinajstić information content (AvgIpc) is 2.95. The van der Waals surface area contributed by atoms with E-state index in [0.717, 1.165) is 12.8 Å². The van der Waals surface area contributed by atoms with Crippen molar-refractivity contribution < 1.29 is 0 Å². The quantitative estimate of drug-likeness (QED) is 0.574. The molecule has 6 heteroatoms. The summed E-state index contributed by atoms with van der Waals surface area (Å²) in [5.74, 6) is 0.335. The summed E-state index contributed by atoms with van der Waals surface area (Å²) in [6.45, 7) is 0. The summed E-state index contributed by atoms with van der Waals surface area (Å²) >= 11 is 6.09. The number of anilines is 1. The van der Waals surface area contributed by atoms with E-state index in [1.165, 1.54) is 0 Å². The Hall–Kier alpha value is -1.23. The van der Waals surface area contributed by atoms with Gasteiger partial charge in [0.25, 0.3) is 0 Å². The summed E-state index contributed by atoms with van der Waals surface area (Å²) in [4.78, 5) is 3.78. The Morgan fingerprint density at radius 1 is 1.79 bits per heavy atom. The molecule has 0 atom stereocenters. The van der Waals surface area contributed by atoms with Crippen molar-refractivity contribution >= 4 is 23.2 Å². The largest absolute Gasteiger partial charge is 0.370 e. The van der Waals surface area contributed by atoms with Crippen LogP contribution in [0.15, 0.2) is 11.2 Å². The molecule has 1 aliphatic carbocycles. The van der Waals surface area contributed by atoms with Crippen LogP contribution in [0.25, 0.3) is 0 Å². The lowest BCUT2D eigenvalue weighted by atomic mass is 10.5. The standard InChI is InChI=1S/C8H12ClN5/c1-11-8(10)13-6-4-12-14(7(6)9)5-2-3-5/h4-5H,2-3H2,1H3,(H3,10,11,13). The molecule has 2 rings (SSSR count). The van der Waals surface area contributed by atoms with Crippen LogP contribution in [-0.4, -0.2) is 22.8 Å². The Balaban J connectivity index is 2.18. The second-order valence-corrected chi connectivity index (χ2v) is 3.62. The van der Waals surface area contributed by atoms with Crippen LogP contribution in [0.3, 0.4) is 0 Å². The van der Waals surface area contributed by atoms with Crippen molar-refractivity contribution in [1.82, 2.24) is 9.78 Å². The van der Waals surface area contributed by atoms with Crippen LogP contribution in [0.2, 0.25) is 5.15 Å². The molecule has 1 saturated carbocycles. The fourth-order valence-corrected chi connectivity index (χ4v) is 1.48. The molecule has 0 aliphatic heterocycles. The van der Waals surface area contributed by atoms with Crippen LogP contribution in [0.5, 0.6) is 0 Å². The van der Waals surface area contributed by atoms with Crippen molar-refractivity contribution in [3.8, 4) is 0 Å². The predicted octanol–water partition coefficient (Wildman–Crippen LogP) is 1.23. The lowest BCUT2D eigenvalue weighted by molar-refractivity contribution is 0.643. The number of nitrogens with one attached hydrogen (secondary N) is 1. The van der Waals surface area contributed by atoms with Gasteiger partial charge in [0, 0.05) is 7.05 Å². The molecule has 3 N–H and O–H groups in total. The number of rotatable bonds is 2. The number of hydrogen-bond donors (Lipinski definition) is 2. The van der Waals surface area contributed by atoms with Crippen LogP contribution >= 0.6 is 11.6 Å². The zero-order valence-corrected chi connectivity index (χ0v) is 8.62. The van der Waals surface area contributed by atoms with Crippen LogP contribution < -0.4 is 11.1 Å². The molecule has 0 radical (unpaired) electrons. The Labute approximate surface area is 86.9 Å². The van der Waals surface area contributed by atoms with Gasteiger partial charge >= 0.3 is 0 Å². The van der Waals surface area contributed by atoms with Crippen molar-refractivity contribution in [2.45, 2.75) is 18.9 Å². The highest BCUT2D eigenvalue weighted by Gasteiger charge is 2.27. The molecule has 0 bridgehead atoms. The van der Waals surface area contributed by atoms with E-state index in [2.05, 4.69) is 15.4 Å². The third-order valence-electron chi connectivity index (χ3n) is 2.13. The first-order valence-electron chi connectivity index (χ1n) is 4.44. The first-order chi connectivity index (χ1) is 6.72. The Kier molecular flexibility index (Phi) is 2.33. The van der Waals surface area contributed by atoms with Crippen molar-refractivity contribution in [2.75, 3.05) is 12.4 Å². The maximum atomic E-state index is 6.09. The summed E-state index contributed by atoms with van der Waals surface area (Å²) in [6, 6.07) is 0.470. The smallest absolute Gasteiger partial charge is 0.192 e. The minimum Gasteiger partial charge on any atom is -0.370 e. The monoisotopic (exact) mass is 213 g/mol. The van der Waals surface area contributed by atoms with Gasteiger partial charge in [0.15, 0.2) is 11.1 Å². The van der Waals surface area contributed by atoms with E-state index in [0.29, 0.717) is 22.8 Å². The van der Waals surface area contributed by atoms with E-state index in [1.807, 2.05) is 4.68 Å². The van der Waals surface area contributed by atoms with Gasteiger partial charge < -0.3 is 11.1 Å². The highest BCUT2D eigenvalue weighted by molar-refractivity contribution is 6.32. The number of nitrogens with two attached hydrogens (primary N) is 1. The molecule has 0 spiro atoms. The summed E-state index contributed by atoms with van der Waals surface area (Å²) in [5, 5.41) is 7.65. The van der Waals surface area contributed by atoms with Crippen LogP contribution in [0.4, 0.5) is 5.69 Å². The van der Waals surface area contributed by atoms with Gasteiger partial charge in [-0.05, 0) is 12.8 Å². The van der Waals surface area contributed by atoms with Gasteiger partial charge in [-0.25, -0.2) is 4.68 Å². The molecule has 14 heavy (non-hydrogen) atoms. The third kappa shape index (κ3) is 1.68. The molecule has 0 unspecified atom stereocenters. The summed E-state index contributed by atoms with van der Waals surface area (Å²) in [7, 11) is 1.61. The number of nitrogens with zero attached hydrogens (tertiary/aromatic N) is 3. The van der Waals surface area contributed by atoms with Gasteiger partial charge in [0.2, 0.25) is 0 Å². The number of guanidine groups is 1. The van der Waals surface area contributed by atoms with Gasteiger partial charge in [-0.1, -0.05) is 11.6 Å². The van der Waals surface area contributed by atoms with Crippen molar-refractivity contribution in [3.05, 3.63) is 11.3 Å². The molecule has 1 aromatic rings. The molecule has 1 heterocycles. The SMILES string of the molecule is CN=C(N)Nc1cnn(C2CC2)c1Cl. The lowest BCUT2D eigenvalue weighted by Gasteiger charge is -2.03. The van der Waals surface area contributed by atoms with E-state index in [1.54, 1.807) is 13.2 Å². The highest BCUT2D eigenvalue weighted by Crippen LogP contribution is 2.38. The van der Waals surface area contributed by atoms with Crippen LogP contribution in [-0.2, 0) is 0 Å². The fourth-order valence-electron chi connectivity index (χ4n) is 1.20. The van der Waals surface area contributed by atoms with Crippen molar-refractivity contribution in [2.24, 2.45) is 10.7 Å². The van der Waals surface area contributed by atoms with Gasteiger partial charge in [-0.15, -0.1) is 0 Å². The van der Waals surface area contributed by atoms with Gasteiger partial charge in [0.05, 0.1) is 17.9 Å². The van der Waals surface area contributed by atoms with Gasteiger partial charge in [-0.3, -0.25) is 4.99 Å². The summed E-state index contributed by atoms with van der Waals surface area (Å²) < 4.78 is 1.81. The zero-order chi connectivity index (χ0) is 10.1. The van der Waals surface area contributed by atoms with Crippen LogP contribution in [0, 0.1) is 0 Å². The normalized spacial score (nSPS) is 17.1. The predicted molar refractivity (Wildman–Crippen MR) is 56.7 cm³/mol. The topological polar surface area (TPSA) is 68.2 Å². The number of aromatic nitrogens is 2. The fraction of sp³-hybridized carbons (Fsp3) is 0.500. The molecular formula is C8H12ClN5. The third-order valence-corrected chi connectivity index (χ3v) is 2.51. The van der Waals surface area contributed by atoms with E-state index < -0.39 is 0 Å². The molecule has 0 saturated heterocycles. The average molecular weight is 214 g/mol. The Bertz CT molecular complexity index is 366. The first kappa shape index (κ1) is 9.33. The van der Waals surface area contributed by atoms with Gasteiger partial charge in [-0.2, -0.15) is 5.10 Å². The molecule has 0 aromatic carbocycles. The molecule has 5 nitrogen and oxygen atoms in total. The molecule has 1 aromatic heterocycles. The number of aliphatic imine (C=N–C) groups is 1. The molecule has 1 aliphatic rings. The first-order valence-corrected chi connectivity index (χ1v) is 4.82. The van der Waals surface area contributed by atoms with Crippen LogP contribution in [0.1, 0.15) is 18.9 Å². The number of halogens is 1. The summed E-state index contributed by atoms with van der Waals surface area (Å²) in [5.41, 5.74) is 6.23. The maximum Gasteiger partial charge on any atom is 0.192 e. The van der Waals surface area contributed by atoms with E-state index in [4.69, 9.17) is 17.3 Å². The van der Waals surface area contributed by atoms with E-state index in [-0.39, 0.29) is 0 Å². The minimum absolute atomic E-state index is 0.335. The second-order valence-electron chi connectivity index (χ2n) is 3.26. The lowest BCUT2D eigenvalue weighted by Crippen LogP contribution is -2.21. The maximum absolute atomic E-state index is 6.09. The van der Waals surface area contributed by atoms with Gasteiger partial charge in [0.1, 0.15) is 0 Å². The molecule has 76 valence electrons.